The summed E-state index contributed by atoms with van der Waals surface area (Å²) in [6.45, 7) is 3.66. The van der Waals surface area contributed by atoms with Crippen molar-refractivity contribution in [2.24, 2.45) is 5.73 Å². The highest BCUT2D eigenvalue weighted by Crippen LogP contribution is 2.23. The normalized spacial score (nSPS) is 11.8. The second kappa shape index (κ2) is 14.0. The third-order valence-electron chi connectivity index (χ3n) is 5.78. The molecule has 0 atom stereocenters. The van der Waals surface area contributed by atoms with Crippen LogP contribution in [0.4, 0.5) is 0 Å². The number of hydrogen-bond acceptors (Lipinski definition) is 5. The smallest absolute Gasteiger partial charge is 0.0604 e. The number of unbranched alkanes of at least 4 members (excludes halogenated alkanes) is 5. The monoisotopic (exact) mass is 443 g/mol. The molecule has 5 nitrogen and oxygen atoms in total. The Labute approximate surface area is 198 Å². The van der Waals surface area contributed by atoms with Crippen LogP contribution in [0.1, 0.15) is 69.0 Å². The highest BCUT2D eigenvalue weighted by molar-refractivity contribution is 5.20. The average Bonchev–Trinajstić information content (AvgIpc) is 2.85. The molecule has 0 amide bonds. The summed E-state index contributed by atoms with van der Waals surface area (Å²) in [5.41, 5.74) is 11.9. The van der Waals surface area contributed by atoms with E-state index in [4.69, 9.17) is 5.73 Å². The van der Waals surface area contributed by atoms with Gasteiger partial charge in [0, 0.05) is 42.1 Å². The van der Waals surface area contributed by atoms with Crippen molar-refractivity contribution >= 4 is 0 Å². The van der Waals surface area contributed by atoms with E-state index < -0.39 is 0 Å². The first-order chi connectivity index (χ1) is 16.3. The zero-order valence-electron chi connectivity index (χ0n) is 19.9. The van der Waals surface area contributed by atoms with Crippen molar-refractivity contribution in [3.05, 3.63) is 102 Å². The fourth-order valence-electron chi connectivity index (χ4n) is 4.02. The van der Waals surface area contributed by atoms with Crippen molar-refractivity contribution in [3.63, 3.8) is 0 Å². The van der Waals surface area contributed by atoms with Crippen LogP contribution < -0.4 is 5.73 Å². The molecule has 0 saturated carbocycles. The molecule has 2 N–H and O–H groups in total. The quantitative estimate of drug-likeness (QED) is 0.308. The van der Waals surface area contributed by atoms with Crippen LogP contribution in [-0.4, -0.2) is 19.9 Å². The third-order valence-corrected chi connectivity index (χ3v) is 5.78. The molecule has 3 rings (SSSR count). The van der Waals surface area contributed by atoms with Gasteiger partial charge < -0.3 is 10.6 Å². The Kier molecular flexibility index (Phi) is 10.4. The van der Waals surface area contributed by atoms with Gasteiger partial charge in [-0.05, 0) is 49.2 Å². The predicted molar refractivity (Wildman–Crippen MR) is 135 cm³/mol. The first kappa shape index (κ1) is 24.4. The summed E-state index contributed by atoms with van der Waals surface area (Å²) in [6.07, 6.45) is 14.6. The van der Waals surface area contributed by atoms with E-state index in [-0.39, 0.29) is 0 Å². The minimum absolute atomic E-state index is 0.646. The van der Waals surface area contributed by atoms with Crippen LogP contribution in [0.15, 0.2) is 84.6 Å². The Bertz CT molecular complexity index is 900. The van der Waals surface area contributed by atoms with Crippen molar-refractivity contribution in [3.8, 4) is 0 Å². The summed E-state index contributed by atoms with van der Waals surface area (Å²) < 4.78 is 0. The number of hydrogen-bond donors (Lipinski definition) is 1. The van der Waals surface area contributed by atoms with E-state index >= 15 is 0 Å². The fourth-order valence-corrected chi connectivity index (χ4v) is 4.02. The van der Waals surface area contributed by atoms with Crippen molar-refractivity contribution in [2.75, 3.05) is 0 Å². The van der Waals surface area contributed by atoms with Gasteiger partial charge in [0.05, 0.1) is 24.5 Å². The molecule has 0 aliphatic carbocycles. The van der Waals surface area contributed by atoms with Crippen molar-refractivity contribution < 1.29 is 0 Å². The lowest BCUT2D eigenvalue weighted by Gasteiger charge is -2.29. The fraction of sp³-hybridized carbons (Fsp3) is 0.393. The number of nitrogens with two attached hydrogens (primary N) is 1. The molecule has 0 aromatic carbocycles. The second-order valence-corrected chi connectivity index (χ2v) is 8.49. The number of rotatable bonds is 14. The zero-order valence-corrected chi connectivity index (χ0v) is 19.9. The Morgan fingerprint density at radius 1 is 0.697 bits per heavy atom. The van der Waals surface area contributed by atoms with Gasteiger partial charge in [-0.2, -0.15) is 0 Å². The molecule has 0 aliphatic heterocycles. The van der Waals surface area contributed by atoms with Crippen LogP contribution in [0.5, 0.6) is 0 Å². The van der Waals surface area contributed by atoms with Crippen LogP contribution in [0.3, 0.4) is 0 Å². The molecule has 0 fully saturated rings. The molecule has 0 radical (unpaired) electrons. The molecule has 0 aliphatic rings. The molecule has 3 aromatic rings. The second-order valence-electron chi connectivity index (χ2n) is 8.49. The first-order valence-electron chi connectivity index (χ1n) is 12.2. The van der Waals surface area contributed by atoms with Gasteiger partial charge in [0.15, 0.2) is 0 Å². The SMILES string of the molecule is CCCCCCCC/C(=C(\N)Cc1ccccn1)N(Cc1ccccn1)Cc1ccccn1. The Balaban J connectivity index is 1.84. The minimum Gasteiger partial charge on any atom is -0.400 e. The molecule has 5 heteroatoms. The van der Waals surface area contributed by atoms with Crippen LogP contribution in [0, 0.1) is 0 Å². The molecular weight excluding hydrogens is 406 g/mol. The van der Waals surface area contributed by atoms with Crippen LogP contribution in [0.2, 0.25) is 0 Å². The maximum Gasteiger partial charge on any atom is 0.0604 e. The van der Waals surface area contributed by atoms with Gasteiger partial charge in [0.25, 0.3) is 0 Å². The van der Waals surface area contributed by atoms with Gasteiger partial charge in [-0.3, -0.25) is 15.0 Å². The van der Waals surface area contributed by atoms with E-state index in [1.165, 1.54) is 37.8 Å². The molecule has 174 valence electrons. The van der Waals surface area contributed by atoms with Gasteiger partial charge in [-0.25, -0.2) is 0 Å². The van der Waals surface area contributed by atoms with Crippen LogP contribution in [-0.2, 0) is 19.5 Å². The number of allylic oxidation sites excluding steroid dienone is 2. The minimum atomic E-state index is 0.646. The average molecular weight is 444 g/mol. The Morgan fingerprint density at radius 3 is 1.73 bits per heavy atom. The van der Waals surface area contributed by atoms with Gasteiger partial charge in [0.2, 0.25) is 0 Å². The molecule has 0 bridgehead atoms. The lowest BCUT2D eigenvalue weighted by molar-refractivity contribution is 0.301. The molecule has 0 unspecified atom stereocenters. The number of pyridine rings is 3. The van der Waals surface area contributed by atoms with Gasteiger partial charge in [0.1, 0.15) is 0 Å². The summed E-state index contributed by atoms with van der Waals surface area (Å²) in [5, 5.41) is 0. The van der Waals surface area contributed by atoms with Crippen molar-refractivity contribution in [1.29, 1.82) is 0 Å². The summed E-state index contributed by atoms with van der Waals surface area (Å²) in [4.78, 5) is 16.0. The highest BCUT2D eigenvalue weighted by Gasteiger charge is 2.16. The predicted octanol–water partition coefficient (Wildman–Crippen LogP) is 6.04. The number of nitrogens with zero attached hydrogens (tertiary/aromatic N) is 4. The van der Waals surface area contributed by atoms with Crippen LogP contribution >= 0.6 is 0 Å². The van der Waals surface area contributed by atoms with E-state index in [0.29, 0.717) is 19.5 Å². The molecular formula is C28H37N5. The van der Waals surface area contributed by atoms with E-state index in [1.807, 2.05) is 61.1 Å². The van der Waals surface area contributed by atoms with Crippen molar-refractivity contribution in [2.45, 2.75) is 71.4 Å². The molecule has 3 aromatic heterocycles. The van der Waals surface area contributed by atoms with Gasteiger partial charge in [-0.1, -0.05) is 57.2 Å². The Hall–Kier alpha value is -3.21. The molecule has 0 saturated heterocycles. The lowest BCUT2D eigenvalue weighted by atomic mass is 10.0. The van der Waals surface area contributed by atoms with Crippen LogP contribution in [0.25, 0.3) is 0 Å². The van der Waals surface area contributed by atoms with Crippen molar-refractivity contribution in [1.82, 2.24) is 19.9 Å². The molecule has 33 heavy (non-hydrogen) atoms. The highest BCUT2D eigenvalue weighted by atomic mass is 15.2. The van der Waals surface area contributed by atoms with E-state index in [0.717, 1.165) is 35.6 Å². The lowest BCUT2D eigenvalue weighted by Crippen LogP contribution is -2.27. The Morgan fingerprint density at radius 2 is 1.21 bits per heavy atom. The first-order valence-corrected chi connectivity index (χ1v) is 12.2. The summed E-state index contributed by atoms with van der Waals surface area (Å²) in [7, 11) is 0. The zero-order chi connectivity index (χ0) is 23.1. The third kappa shape index (κ3) is 8.68. The van der Waals surface area contributed by atoms with E-state index in [1.54, 1.807) is 0 Å². The maximum atomic E-state index is 6.78. The number of aromatic nitrogens is 3. The van der Waals surface area contributed by atoms with Gasteiger partial charge in [-0.15, -0.1) is 0 Å². The summed E-state index contributed by atoms with van der Waals surface area (Å²) >= 11 is 0. The van der Waals surface area contributed by atoms with E-state index in [9.17, 15) is 0 Å². The summed E-state index contributed by atoms with van der Waals surface area (Å²) in [5.74, 6) is 0. The van der Waals surface area contributed by atoms with E-state index in [2.05, 4.69) is 38.9 Å². The molecule has 3 heterocycles. The standard InChI is InChI=1S/C28H37N5/c1-2-3-4-5-6-7-17-28(27(29)21-24-14-8-11-18-30-24)33(22-25-15-9-12-19-31-25)23-26-16-10-13-20-32-26/h8-16,18-20H,2-7,17,21-23,29H2,1H3/b28-27+. The topological polar surface area (TPSA) is 67.9 Å². The van der Waals surface area contributed by atoms with Gasteiger partial charge >= 0.3 is 0 Å². The summed E-state index contributed by atoms with van der Waals surface area (Å²) in [6, 6.07) is 18.1. The maximum absolute atomic E-state index is 6.78. The molecule has 0 spiro atoms. The largest absolute Gasteiger partial charge is 0.400 e.